The summed E-state index contributed by atoms with van der Waals surface area (Å²) in [7, 11) is 0. The normalized spacial score (nSPS) is 17.5. The third-order valence-corrected chi connectivity index (χ3v) is 4.92. The van der Waals surface area contributed by atoms with Gasteiger partial charge in [-0.2, -0.15) is 0 Å². The molecule has 0 fully saturated rings. The molecule has 0 aromatic heterocycles. The fourth-order valence-corrected chi connectivity index (χ4v) is 2.53. The quantitative estimate of drug-likeness (QED) is 0.371. The number of unbranched alkanes of at least 4 members (excludes halogenated alkanes) is 2. The van der Waals surface area contributed by atoms with Gasteiger partial charge in [0.2, 0.25) is 0 Å². The monoisotopic (exact) mass is 268 g/mol. The summed E-state index contributed by atoms with van der Waals surface area (Å²) < 4.78 is 0. The molecule has 0 saturated heterocycles. The summed E-state index contributed by atoms with van der Waals surface area (Å²) in [6.45, 7) is 8.76. The second-order valence-electron chi connectivity index (χ2n) is 6.63. The lowest BCUT2D eigenvalue weighted by molar-refractivity contribution is -0.110. The van der Waals surface area contributed by atoms with Gasteiger partial charge in [-0.15, -0.1) is 0 Å². The fourth-order valence-electron chi connectivity index (χ4n) is 2.53. The summed E-state index contributed by atoms with van der Waals surface area (Å²) in [5, 5.41) is 0. The van der Waals surface area contributed by atoms with Gasteiger partial charge in [0.05, 0.1) is 0 Å². The van der Waals surface area contributed by atoms with Gasteiger partial charge in [0.15, 0.2) is 0 Å². The lowest BCUT2D eigenvalue weighted by Gasteiger charge is -2.27. The second-order valence-corrected chi connectivity index (χ2v) is 6.63. The second kappa shape index (κ2) is 9.28. The van der Waals surface area contributed by atoms with Gasteiger partial charge >= 0.3 is 0 Å². The van der Waals surface area contributed by atoms with Gasteiger partial charge in [-0.05, 0) is 23.7 Å². The molecule has 112 valence electrons. The van der Waals surface area contributed by atoms with E-state index in [1.165, 1.54) is 19.3 Å². The van der Waals surface area contributed by atoms with Crippen LogP contribution in [-0.4, -0.2) is 12.6 Å². The summed E-state index contributed by atoms with van der Waals surface area (Å²) in [5.74, 6) is 0. The molecule has 2 heteroatoms. The Labute approximate surface area is 119 Å². The van der Waals surface area contributed by atoms with E-state index in [1.807, 2.05) is 0 Å². The standard InChI is InChI=1S/C17H32O2/c1-5-16(3,12-14-18)10-8-7-9-11-17(4,6-2)13-15-19/h14-15H,5-13H2,1-4H3. The molecule has 0 saturated carbocycles. The third-order valence-electron chi connectivity index (χ3n) is 4.92. The summed E-state index contributed by atoms with van der Waals surface area (Å²) in [6.07, 6.45) is 11.5. The summed E-state index contributed by atoms with van der Waals surface area (Å²) >= 11 is 0. The smallest absolute Gasteiger partial charge is 0.120 e. The Kier molecular flexibility index (Phi) is 8.95. The lowest BCUT2D eigenvalue weighted by Crippen LogP contribution is -2.17. The SMILES string of the molecule is CCC(C)(CC=O)CCCCCC(C)(CC)CC=O. The van der Waals surface area contributed by atoms with E-state index in [9.17, 15) is 9.59 Å². The van der Waals surface area contributed by atoms with Crippen LogP contribution in [0.1, 0.15) is 85.5 Å². The van der Waals surface area contributed by atoms with E-state index >= 15 is 0 Å². The molecule has 0 aromatic carbocycles. The van der Waals surface area contributed by atoms with Crippen molar-refractivity contribution in [2.45, 2.75) is 85.5 Å². The summed E-state index contributed by atoms with van der Waals surface area (Å²) in [6, 6.07) is 0. The Bertz CT molecular complexity index is 236. The molecule has 0 N–H and O–H groups in total. The van der Waals surface area contributed by atoms with Crippen LogP contribution in [0.15, 0.2) is 0 Å². The van der Waals surface area contributed by atoms with E-state index in [-0.39, 0.29) is 10.8 Å². The predicted molar refractivity (Wildman–Crippen MR) is 81.2 cm³/mol. The molecule has 0 rings (SSSR count). The largest absolute Gasteiger partial charge is 0.303 e. The van der Waals surface area contributed by atoms with Crippen LogP contribution in [0.5, 0.6) is 0 Å². The first-order valence-corrected chi connectivity index (χ1v) is 7.82. The first-order valence-electron chi connectivity index (χ1n) is 7.82. The summed E-state index contributed by atoms with van der Waals surface area (Å²) in [5.41, 5.74) is 0.386. The molecule has 0 heterocycles. The van der Waals surface area contributed by atoms with Crippen LogP contribution >= 0.6 is 0 Å². The van der Waals surface area contributed by atoms with E-state index in [0.717, 1.165) is 38.3 Å². The van der Waals surface area contributed by atoms with Crippen LogP contribution < -0.4 is 0 Å². The van der Waals surface area contributed by atoms with Crippen molar-refractivity contribution >= 4 is 12.6 Å². The highest BCUT2D eigenvalue weighted by Crippen LogP contribution is 2.34. The Morgan fingerprint density at radius 1 is 0.737 bits per heavy atom. The first-order chi connectivity index (χ1) is 8.95. The molecule has 0 radical (unpaired) electrons. The van der Waals surface area contributed by atoms with Gasteiger partial charge in [0.25, 0.3) is 0 Å². The molecule has 0 aliphatic rings. The zero-order valence-electron chi connectivity index (χ0n) is 13.3. The van der Waals surface area contributed by atoms with E-state index in [0.29, 0.717) is 12.8 Å². The van der Waals surface area contributed by atoms with Gasteiger partial charge in [-0.1, -0.05) is 59.8 Å². The van der Waals surface area contributed by atoms with Crippen molar-refractivity contribution in [2.24, 2.45) is 10.8 Å². The molecular formula is C17H32O2. The molecule has 0 spiro atoms. The Hall–Kier alpha value is -0.660. The van der Waals surface area contributed by atoms with Crippen molar-refractivity contribution < 1.29 is 9.59 Å². The predicted octanol–water partition coefficient (Wildman–Crippen LogP) is 4.95. The Balaban J connectivity index is 3.91. The molecule has 19 heavy (non-hydrogen) atoms. The van der Waals surface area contributed by atoms with Gasteiger partial charge in [0.1, 0.15) is 12.6 Å². The average Bonchev–Trinajstić information content (AvgIpc) is 2.39. The Morgan fingerprint density at radius 3 is 1.37 bits per heavy atom. The van der Waals surface area contributed by atoms with Crippen LogP contribution in [-0.2, 0) is 9.59 Å². The van der Waals surface area contributed by atoms with Crippen molar-refractivity contribution in [1.82, 2.24) is 0 Å². The summed E-state index contributed by atoms with van der Waals surface area (Å²) in [4.78, 5) is 21.4. The zero-order chi connectivity index (χ0) is 14.8. The zero-order valence-corrected chi connectivity index (χ0v) is 13.3. The highest BCUT2D eigenvalue weighted by Gasteiger charge is 2.22. The van der Waals surface area contributed by atoms with Crippen molar-refractivity contribution in [3.8, 4) is 0 Å². The maximum Gasteiger partial charge on any atom is 0.120 e. The minimum atomic E-state index is 0.193. The number of hydrogen-bond donors (Lipinski definition) is 0. The van der Waals surface area contributed by atoms with Crippen molar-refractivity contribution in [1.29, 1.82) is 0 Å². The van der Waals surface area contributed by atoms with Crippen molar-refractivity contribution in [3.63, 3.8) is 0 Å². The van der Waals surface area contributed by atoms with Crippen LogP contribution in [0.4, 0.5) is 0 Å². The van der Waals surface area contributed by atoms with Gasteiger partial charge in [-0.25, -0.2) is 0 Å². The molecule has 2 unspecified atom stereocenters. The lowest BCUT2D eigenvalue weighted by atomic mass is 9.77. The highest BCUT2D eigenvalue weighted by atomic mass is 16.1. The number of hydrogen-bond acceptors (Lipinski definition) is 2. The fraction of sp³-hybridized carbons (Fsp3) is 0.882. The van der Waals surface area contributed by atoms with Crippen LogP contribution in [0.2, 0.25) is 0 Å². The minimum absolute atomic E-state index is 0.193. The number of aldehydes is 2. The maximum atomic E-state index is 10.7. The molecule has 0 aliphatic heterocycles. The van der Waals surface area contributed by atoms with Gasteiger partial charge < -0.3 is 9.59 Å². The van der Waals surface area contributed by atoms with Crippen molar-refractivity contribution in [3.05, 3.63) is 0 Å². The van der Waals surface area contributed by atoms with E-state index in [1.54, 1.807) is 0 Å². The third kappa shape index (κ3) is 7.49. The molecule has 0 bridgehead atoms. The van der Waals surface area contributed by atoms with Crippen LogP contribution in [0, 0.1) is 10.8 Å². The molecule has 0 aliphatic carbocycles. The topological polar surface area (TPSA) is 34.1 Å². The van der Waals surface area contributed by atoms with Crippen molar-refractivity contribution in [2.75, 3.05) is 0 Å². The molecular weight excluding hydrogens is 236 g/mol. The van der Waals surface area contributed by atoms with Crippen LogP contribution in [0.3, 0.4) is 0 Å². The highest BCUT2D eigenvalue weighted by molar-refractivity contribution is 5.50. The van der Waals surface area contributed by atoms with Gasteiger partial charge in [-0.3, -0.25) is 0 Å². The van der Waals surface area contributed by atoms with Crippen LogP contribution in [0.25, 0.3) is 0 Å². The maximum absolute atomic E-state index is 10.7. The average molecular weight is 268 g/mol. The van der Waals surface area contributed by atoms with E-state index < -0.39 is 0 Å². The number of rotatable bonds is 12. The minimum Gasteiger partial charge on any atom is -0.303 e. The first kappa shape index (κ1) is 18.3. The molecule has 2 nitrogen and oxygen atoms in total. The Morgan fingerprint density at radius 2 is 1.11 bits per heavy atom. The molecule has 2 atom stereocenters. The number of carbonyl (C=O) groups excluding carboxylic acids is 2. The van der Waals surface area contributed by atoms with E-state index in [4.69, 9.17) is 0 Å². The number of carbonyl (C=O) groups is 2. The van der Waals surface area contributed by atoms with E-state index in [2.05, 4.69) is 27.7 Å². The molecule has 0 amide bonds. The van der Waals surface area contributed by atoms with Gasteiger partial charge in [0, 0.05) is 12.8 Å². The molecule has 0 aromatic rings.